The zero-order valence-electron chi connectivity index (χ0n) is 13.1. The van der Waals surface area contributed by atoms with Crippen molar-refractivity contribution < 1.29 is 13.8 Å². The van der Waals surface area contributed by atoms with Gasteiger partial charge < -0.3 is 14.8 Å². The van der Waals surface area contributed by atoms with Crippen LogP contribution in [0.2, 0.25) is 0 Å². The number of unbranched alkanes of at least 4 members (excludes halogenated alkanes) is 2. The number of hydrogen-bond acceptors (Lipinski definition) is 5. The molecule has 0 aliphatic carbocycles. The third kappa shape index (κ3) is 12.1. The van der Waals surface area contributed by atoms with Gasteiger partial charge in [-0.3, -0.25) is 9.78 Å². The van der Waals surface area contributed by atoms with E-state index in [1.807, 2.05) is 0 Å². The molecule has 1 rings (SSSR count). The number of carbonyl (C=O) groups excluding carboxylic acids is 1. The van der Waals surface area contributed by atoms with Crippen molar-refractivity contribution in [2.75, 3.05) is 13.2 Å². The molecule has 0 unspecified atom stereocenters. The lowest BCUT2D eigenvalue weighted by Crippen LogP contribution is -2.10. The predicted octanol–water partition coefficient (Wildman–Crippen LogP) is 3.95. The number of nitrogens with zero attached hydrogens (tertiary/aromatic N) is 1. The summed E-state index contributed by atoms with van der Waals surface area (Å²) in [7, 11) is 0. The van der Waals surface area contributed by atoms with Gasteiger partial charge >= 0.3 is 0 Å². The molecule has 0 bridgehead atoms. The van der Waals surface area contributed by atoms with Crippen molar-refractivity contribution in [2.24, 2.45) is 5.73 Å². The molecule has 8 heteroatoms. The average Bonchev–Trinajstić information content (AvgIpc) is 2.49. The van der Waals surface area contributed by atoms with Gasteiger partial charge in [0, 0.05) is 12.4 Å². The van der Waals surface area contributed by atoms with E-state index in [4.69, 9.17) is 26.6 Å². The van der Waals surface area contributed by atoms with Crippen molar-refractivity contribution in [3.63, 3.8) is 0 Å². The Labute approximate surface area is 143 Å². The van der Waals surface area contributed by atoms with Crippen LogP contribution in [0.1, 0.15) is 49.9 Å². The molecule has 1 aromatic heterocycles. The minimum absolute atomic E-state index is 0.442. The molecule has 1 amide bonds. The SMILES string of the molecule is CCCCOP(=S)(S)OCCCC.NC(=O)c1cccnc1. The highest BCUT2D eigenvalue weighted by Gasteiger charge is 2.11. The van der Waals surface area contributed by atoms with Crippen LogP contribution in [0, 0.1) is 0 Å². The molecular weight excluding hydrogens is 339 g/mol. The maximum atomic E-state index is 10.4. The summed E-state index contributed by atoms with van der Waals surface area (Å²) in [5.74, 6) is -0.442. The lowest BCUT2D eigenvalue weighted by Gasteiger charge is -2.15. The Balaban J connectivity index is 0.000000425. The normalized spacial score (nSPS) is 10.7. The number of rotatable bonds is 9. The Morgan fingerprint density at radius 1 is 1.32 bits per heavy atom. The largest absolute Gasteiger partial charge is 0.366 e. The van der Waals surface area contributed by atoms with E-state index in [0.29, 0.717) is 18.8 Å². The Morgan fingerprint density at radius 3 is 2.18 bits per heavy atom. The van der Waals surface area contributed by atoms with Crippen LogP contribution in [0.15, 0.2) is 24.5 Å². The number of nitrogens with two attached hydrogens (primary N) is 1. The third-order valence-electron chi connectivity index (χ3n) is 2.45. The summed E-state index contributed by atoms with van der Waals surface area (Å²) >= 11 is 9.31. The molecule has 0 saturated carbocycles. The number of primary amides is 1. The zero-order chi connectivity index (χ0) is 16.8. The molecule has 0 aliphatic heterocycles. The highest BCUT2D eigenvalue weighted by molar-refractivity contribution is 8.60. The van der Waals surface area contributed by atoms with Crippen molar-refractivity contribution >= 4 is 35.7 Å². The van der Waals surface area contributed by atoms with Gasteiger partial charge in [-0.05, 0) is 36.8 Å². The van der Waals surface area contributed by atoms with E-state index >= 15 is 0 Å². The number of thiol groups is 1. The van der Waals surface area contributed by atoms with E-state index in [2.05, 4.69) is 31.1 Å². The summed E-state index contributed by atoms with van der Waals surface area (Å²) in [6.45, 7) is 5.57. The van der Waals surface area contributed by atoms with Crippen LogP contribution >= 0.6 is 17.9 Å². The summed E-state index contributed by atoms with van der Waals surface area (Å²) in [5, 5.41) is 0. The predicted molar refractivity (Wildman–Crippen MR) is 97.7 cm³/mol. The highest BCUT2D eigenvalue weighted by Crippen LogP contribution is 2.53. The van der Waals surface area contributed by atoms with Gasteiger partial charge in [-0.25, -0.2) is 0 Å². The molecular formula is C14H25N2O3PS2. The van der Waals surface area contributed by atoms with E-state index < -0.39 is 11.6 Å². The van der Waals surface area contributed by atoms with Gasteiger partial charge in [-0.15, -0.1) is 0 Å². The van der Waals surface area contributed by atoms with Gasteiger partial charge in [0.15, 0.2) is 0 Å². The first kappa shape index (κ1) is 21.5. The smallest absolute Gasteiger partial charge is 0.250 e. The lowest BCUT2D eigenvalue weighted by molar-refractivity contribution is 0.1000. The van der Waals surface area contributed by atoms with Crippen LogP contribution < -0.4 is 5.73 Å². The Kier molecular flexibility index (Phi) is 12.8. The molecule has 0 fully saturated rings. The molecule has 0 atom stereocenters. The van der Waals surface area contributed by atoms with Gasteiger partial charge in [-0.2, -0.15) is 0 Å². The van der Waals surface area contributed by atoms with Crippen molar-refractivity contribution in [1.82, 2.24) is 4.98 Å². The summed E-state index contributed by atoms with van der Waals surface area (Å²) in [6.07, 6.45) is 7.29. The summed E-state index contributed by atoms with van der Waals surface area (Å²) < 4.78 is 10.8. The first-order valence-corrected chi connectivity index (χ1v) is 11.0. The molecule has 126 valence electrons. The number of aromatic nitrogens is 1. The van der Waals surface area contributed by atoms with Crippen molar-refractivity contribution in [2.45, 2.75) is 39.5 Å². The summed E-state index contributed by atoms with van der Waals surface area (Å²) in [4.78, 5) is 14.1. The summed E-state index contributed by atoms with van der Waals surface area (Å²) in [6, 6.07) is 3.29. The molecule has 0 spiro atoms. The first-order chi connectivity index (χ1) is 10.4. The van der Waals surface area contributed by atoms with Crippen LogP contribution in [-0.4, -0.2) is 24.1 Å². The number of carbonyl (C=O) groups is 1. The van der Waals surface area contributed by atoms with Crippen LogP contribution in [0.3, 0.4) is 0 Å². The molecule has 5 nitrogen and oxygen atoms in total. The molecule has 2 N–H and O–H groups in total. The molecule has 0 radical (unpaired) electrons. The topological polar surface area (TPSA) is 74.4 Å². The highest BCUT2D eigenvalue weighted by atomic mass is 32.9. The van der Waals surface area contributed by atoms with E-state index in [9.17, 15) is 4.79 Å². The van der Waals surface area contributed by atoms with E-state index in [-0.39, 0.29) is 0 Å². The molecule has 0 aliphatic rings. The Bertz CT molecular complexity index is 447. The Hall–Kier alpha value is -0.460. The monoisotopic (exact) mass is 364 g/mol. The Morgan fingerprint density at radius 2 is 1.86 bits per heavy atom. The second-order valence-corrected chi connectivity index (χ2v) is 9.74. The van der Waals surface area contributed by atoms with Crippen LogP contribution in [-0.2, 0) is 20.9 Å². The molecule has 1 heterocycles. The van der Waals surface area contributed by atoms with Crippen LogP contribution in [0.4, 0.5) is 0 Å². The maximum absolute atomic E-state index is 10.4. The molecule has 22 heavy (non-hydrogen) atoms. The van der Waals surface area contributed by atoms with E-state index in [1.54, 1.807) is 18.3 Å². The second-order valence-electron chi connectivity index (χ2n) is 4.45. The van der Waals surface area contributed by atoms with Crippen LogP contribution in [0.5, 0.6) is 0 Å². The fourth-order valence-corrected chi connectivity index (χ4v) is 2.93. The van der Waals surface area contributed by atoms with Gasteiger partial charge in [0.05, 0.1) is 18.8 Å². The molecule has 0 saturated heterocycles. The molecule has 1 aromatic rings. The van der Waals surface area contributed by atoms with Gasteiger partial charge in [0.1, 0.15) is 0 Å². The van der Waals surface area contributed by atoms with E-state index in [0.717, 1.165) is 25.7 Å². The minimum Gasteiger partial charge on any atom is -0.366 e. The standard InChI is InChI=1S/C8H19O2PS2.C6H6N2O/c1-3-5-7-9-11(12,13)10-8-6-4-2;7-6(9)5-2-1-3-8-4-5/h3-8H2,1-2H3,(H,12,13);1-4H,(H2,7,9). The lowest BCUT2D eigenvalue weighted by atomic mass is 10.3. The fraction of sp³-hybridized carbons (Fsp3) is 0.571. The minimum atomic E-state index is -2.22. The van der Waals surface area contributed by atoms with Gasteiger partial charge in [0.25, 0.3) is 0 Å². The van der Waals surface area contributed by atoms with Crippen LogP contribution in [0.25, 0.3) is 0 Å². The number of hydrogen-bond donors (Lipinski definition) is 2. The second kappa shape index (κ2) is 13.0. The van der Waals surface area contributed by atoms with Gasteiger partial charge in [0.2, 0.25) is 11.6 Å². The van der Waals surface area contributed by atoms with E-state index in [1.165, 1.54) is 6.20 Å². The maximum Gasteiger partial charge on any atom is 0.250 e. The van der Waals surface area contributed by atoms with Crippen molar-refractivity contribution in [1.29, 1.82) is 0 Å². The van der Waals surface area contributed by atoms with Gasteiger partial charge in [-0.1, -0.05) is 38.9 Å². The number of pyridine rings is 1. The number of amides is 1. The first-order valence-electron chi connectivity index (χ1n) is 7.24. The molecule has 0 aromatic carbocycles. The fourth-order valence-electron chi connectivity index (χ4n) is 1.19. The van der Waals surface area contributed by atoms with Crippen molar-refractivity contribution in [3.05, 3.63) is 30.1 Å². The summed E-state index contributed by atoms with van der Waals surface area (Å²) in [5.41, 5.74) is 3.15. The third-order valence-corrected chi connectivity index (χ3v) is 4.79. The van der Waals surface area contributed by atoms with Crippen molar-refractivity contribution in [3.8, 4) is 0 Å². The quantitative estimate of drug-likeness (QED) is 0.394. The zero-order valence-corrected chi connectivity index (χ0v) is 15.7. The average molecular weight is 364 g/mol.